The van der Waals surface area contributed by atoms with E-state index in [4.69, 9.17) is 22.4 Å². The van der Waals surface area contributed by atoms with Crippen molar-refractivity contribution in [1.29, 1.82) is 0 Å². The molecule has 0 unspecified atom stereocenters. The lowest BCUT2D eigenvalue weighted by atomic mass is 10.0. The van der Waals surface area contributed by atoms with Crippen molar-refractivity contribution < 1.29 is 22.4 Å². The van der Waals surface area contributed by atoms with E-state index >= 15 is 0 Å². The molecule has 1 aliphatic heterocycles. The first-order valence-corrected chi connectivity index (χ1v) is 9.29. The molecular weight excluding hydrogens is 421 g/mol. The minimum absolute atomic E-state index is 0.0597. The Morgan fingerprint density at radius 3 is 2.53 bits per heavy atom. The molecule has 0 bridgehead atoms. The van der Waals surface area contributed by atoms with Crippen LogP contribution >= 0.6 is 11.6 Å². The van der Waals surface area contributed by atoms with Crippen molar-refractivity contribution in [3.8, 4) is 12.3 Å². The van der Waals surface area contributed by atoms with E-state index in [-0.39, 0.29) is 11.1 Å². The molecule has 1 aromatic carbocycles. The summed E-state index contributed by atoms with van der Waals surface area (Å²) in [6.07, 6.45) is 0.507. The monoisotopic (exact) mass is 434 g/mol. The van der Waals surface area contributed by atoms with E-state index in [1.54, 1.807) is 12.1 Å². The number of alkyl halides is 3. The number of carbonyl (C=O) groups is 1. The van der Waals surface area contributed by atoms with Crippen molar-refractivity contribution >= 4 is 34.8 Å². The second-order valence-corrected chi connectivity index (χ2v) is 7.02. The zero-order chi connectivity index (χ0) is 21.5. The average molecular weight is 435 g/mol. The number of halogens is 4. The third-order valence-electron chi connectivity index (χ3n) is 4.77. The second-order valence-electron chi connectivity index (χ2n) is 6.63. The summed E-state index contributed by atoms with van der Waals surface area (Å²) in [6.45, 7) is 1.40. The summed E-state index contributed by atoms with van der Waals surface area (Å²) < 4.78 is 45.3. The van der Waals surface area contributed by atoms with E-state index in [0.717, 1.165) is 12.1 Å². The lowest BCUT2D eigenvalue weighted by molar-refractivity contribution is -0.137. The number of benzene rings is 1. The van der Waals surface area contributed by atoms with Crippen molar-refractivity contribution in [3.05, 3.63) is 52.2 Å². The number of rotatable bonds is 2. The second kappa shape index (κ2) is 7.54. The number of anilines is 1. The lowest BCUT2D eigenvalue weighted by Gasteiger charge is -2.34. The van der Waals surface area contributed by atoms with Gasteiger partial charge in [-0.1, -0.05) is 17.5 Å². The Balaban J connectivity index is 1.48. The molecule has 1 amide bonds. The predicted octanol–water partition coefficient (Wildman–Crippen LogP) is 3.84. The molecule has 0 aliphatic carbocycles. The van der Waals surface area contributed by atoms with Gasteiger partial charge in [0, 0.05) is 37.3 Å². The Kier molecular flexibility index (Phi) is 5.03. The summed E-state index contributed by atoms with van der Waals surface area (Å²) in [6, 6.07) is 6.87. The summed E-state index contributed by atoms with van der Waals surface area (Å²) in [5, 5.41) is 0.298. The van der Waals surface area contributed by atoms with Crippen LogP contribution in [0.5, 0.6) is 0 Å². The summed E-state index contributed by atoms with van der Waals surface area (Å²) >= 11 is 5.85. The normalized spacial score (nSPS) is 14.8. The van der Waals surface area contributed by atoms with Crippen LogP contribution in [0.1, 0.15) is 21.5 Å². The Morgan fingerprint density at radius 1 is 1.13 bits per heavy atom. The van der Waals surface area contributed by atoms with Gasteiger partial charge >= 0.3 is 6.18 Å². The van der Waals surface area contributed by atoms with Gasteiger partial charge in [-0.15, -0.1) is 6.42 Å². The SMILES string of the molecule is C#Cc1ccc(C(=O)N2CCN(c3nc4nc(Cl)ccc4o3)CC2)cc1C(F)(F)F. The number of aromatic nitrogens is 2. The minimum atomic E-state index is -4.64. The minimum Gasteiger partial charge on any atom is -0.422 e. The highest BCUT2D eigenvalue weighted by Gasteiger charge is 2.34. The van der Waals surface area contributed by atoms with Crippen LogP contribution in [-0.2, 0) is 6.18 Å². The fourth-order valence-corrected chi connectivity index (χ4v) is 3.38. The van der Waals surface area contributed by atoms with Crippen LogP contribution in [0.25, 0.3) is 11.2 Å². The van der Waals surface area contributed by atoms with Crippen molar-refractivity contribution in [2.45, 2.75) is 6.18 Å². The van der Waals surface area contributed by atoms with Gasteiger partial charge in [-0.25, -0.2) is 4.98 Å². The molecule has 0 saturated carbocycles. The van der Waals surface area contributed by atoms with Crippen LogP contribution in [0, 0.1) is 12.3 Å². The molecule has 10 heteroatoms. The molecule has 0 radical (unpaired) electrons. The third-order valence-corrected chi connectivity index (χ3v) is 4.98. The zero-order valence-corrected chi connectivity index (χ0v) is 16.2. The molecule has 0 N–H and O–H groups in total. The van der Waals surface area contributed by atoms with Gasteiger partial charge < -0.3 is 14.2 Å². The van der Waals surface area contributed by atoms with Crippen LogP contribution in [0.4, 0.5) is 19.2 Å². The molecule has 6 nitrogen and oxygen atoms in total. The molecule has 30 heavy (non-hydrogen) atoms. The van der Waals surface area contributed by atoms with Gasteiger partial charge in [-0.05, 0) is 30.3 Å². The number of oxazole rings is 1. The predicted molar refractivity (Wildman–Crippen MR) is 104 cm³/mol. The quantitative estimate of drug-likeness (QED) is 0.453. The fourth-order valence-electron chi connectivity index (χ4n) is 3.24. The number of pyridine rings is 1. The first-order valence-electron chi connectivity index (χ1n) is 8.91. The van der Waals surface area contributed by atoms with E-state index < -0.39 is 17.6 Å². The van der Waals surface area contributed by atoms with Crippen LogP contribution in [0.15, 0.2) is 34.7 Å². The number of carbonyl (C=O) groups excluding carboxylic acids is 1. The molecular formula is C20H14ClF3N4O2. The van der Waals surface area contributed by atoms with Crippen molar-refractivity contribution in [1.82, 2.24) is 14.9 Å². The maximum Gasteiger partial charge on any atom is 0.417 e. The summed E-state index contributed by atoms with van der Waals surface area (Å²) in [5.41, 5.74) is -0.485. The van der Waals surface area contributed by atoms with Crippen LogP contribution in [0.2, 0.25) is 5.15 Å². The molecule has 0 spiro atoms. The largest absolute Gasteiger partial charge is 0.422 e. The fraction of sp³-hybridized carbons (Fsp3) is 0.250. The molecule has 2 aromatic heterocycles. The van der Waals surface area contributed by atoms with Gasteiger partial charge in [0.05, 0.1) is 5.56 Å². The number of amides is 1. The molecule has 1 aliphatic rings. The lowest BCUT2D eigenvalue weighted by Crippen LogP contribution is -2.49. The summed E-state index contributed by atoms with van der Waals surface area (Å²) in [4.78, 5) is 24.4. The average Bonchev–Trinajstić information content (AvgIpc) is 3.15. The number of terminal acetylenes is 1. The van der Waals surface area contributed by atoms with E-state index in [2.05, 4.69) is 9.97 Å². The smallest absolute Gasteiger partial charge is 0.417 e. The van der Waals surface area contributed by atoms with Crippen LogP contribution in [-0.4, -0.2) is 47.0 Å². The van der Waals surface area contributed by atoms with Gasteiger partial charge in [0.15, 0.2) is 5.58 Å². The summed E-state index contributed by atoms with van der Waals surface area (Å²) in [5.74, 6) is 1.51. The number of nitrogens with zero attached hydrogens (tertiary/aromatic N) is 4. The molecule has 154 valence electrons. The van der Waals surface area contributed by atoms with Gasteiger partial charge in [-0.2, -0.15) is 18.2 Å². The Morgan fingerprint density at radius 2 is 1.87 bits per heavy atom. The first kappa shape index (κ1) is 20.0. The molecule has 1 saturated heterocycles. The van der Waals surface area contributed by atoms with E-state index in [1.807, 2.05) is 10.8 Å². The molecule has 3 heterocycles. The molecule has 3 aromatic rings. The first-order chi connectivity index (χ1) is 14.3. The Labute approximate surface area is 174 Å². The molecule has 4 rings (SSSR count). The van der Waals surface area contributed by atoms with Crippen LogP contribution < -0.4 is 4.90 Å². The summed E-state index contributed by atoms with van der Waals surface area (Å²) in [7, 11) is 0. The maximum absolute atomic E-state index is 13.2. The number of fused-ring (bicyclic) bond motifs is 1. The van der Waals surface area contributed by atoms with Gasteiger partial charge in [0.25, 0.3) is 11.9 Å². The highest BCUT2D eigenvalue weighted by molar-refractivity contribution is 6.29. The maximum atomic E-state index is 13.2. The van der Waals surface area contributed by atoms with Gasteiger partial charge in [-0.3, -0.25) is 4.79 Å². The zero-order valence-electron chi connectivity index (χ0n) is 15.4. The standard InChI is InChI=1S/C20H14ClF3N4O2/c1-2-12-3-4-13(11-14(12)20(22,23)24)18(29)27-7-9-28(10-8-27)19-26-17-15(30-19)5-6-16(21)25-17/h1,3-6,11H,7-10H2. The van der Waals surface area contributed by atoms with Gasteiger partial charge in [0.1, 0.15) is 5.15 Å². The van der Waals surface area contributed by atoms with E-state index in [9.17, 15) is 18.0 Å². The van der Waals surface area contributed by atoms with Gasteiger partial charge in [0.2, 0.25) is 5.65 Å². The molecule has 1 fully saturated rings. The van der Waals surface area contributed by atoms with Crippen molar-refractivity contribution in [2.75, 3.05) is 31.1 Å². The highest BCUT2D eigenvalue weighted by atomic mass is 35.5. The van der Waals surface area contributed by atoms with Crippen LogP contribution in [0.3, 0.4) is 0 Å². The van der Waals surface area contributed by atoms with E-state index in [0.29, 0.717) is 48.6 Å². The third kappa shape index (κ3) is 3.78. The topological polar surface area (TPSA) is 62.5 Å². The van der Waals surface area contributed by atoms with Crippen molar-refractivity contribution in [2.24, 2.45) is 0 Å². The number of piperazine rings is 1. The Hall–Kier alpha value is -3.25. The van der Waals surface area contributed by atoms with E-state index in [1.165, 1.54) is 11.0 Å². The number of hydrogen-bond donors (Lipinski definition) is 0. The Bertz CT molecular complexity index is 1160. The number of hydrogen-bond acceptors (Lipinski definition) is 5. The van der Waals surface area contributed by atoms with Crippen molar-refractivity contribution in [3.63, 3.8) is 0 Å². The highest BCUT2D eigenvalue weighted by Crippen LogP contribution is 2.33. The molecule has 0 atom stereocenters.